The van der Waals surface area contributed by atoms with Gasteiger partial charge in [-0.15, -0.1) is 0 Å². The Balaban J connectivity index is 1.63. The number of hydrogen-bond acceptors (Lipinski definition) is 4. The zero-order valence-electron chi connectivity index (χ0n) is 14.6. The summed E-state index contributed by atoms with van der Waals surface area (Å²) in [5, 5.41) is 3.35. The summed E-state index contributed by atoms with van der Waals surface area (Å²) in [4.78, 5) is 16.6. The molecule has 0 unspecified atom stereocenters. The highest BCUT2D eigenvalue weighted by atomic mass is 35.5. The number of nitrogens with one attached hydrogen (secondary N) is 1. The molecule has 7 nitrogen and oxygen atoms in total. The molecule has 0 saturated carbocycles. The molecule has 2 heterocycles. The molecule has 0 atom stereocenters. The Labute approximate surface area is 158 Å². The number of carbonyl (C=O) groups is 1. The molecule has 1 fully saturated rings. The topological polar surface area (TPSA) is 84.3 Å². The predicted octanol–water partition coefficient (Wildman–Crippen LogP) is 2.42. The molecule has 140 valence electrons. The zero-order chi connectivity index (χ0) is 18.9. The van der Waals surface area contributed by atoms with Crippen LogP contribution in [0.4, 0.5) is 5.69 Å². The largest absolute Gasteiger partial charge is 0.337 e. The summed E-state index contributed by atoms with van der Waals surface area (Å²) in [6.45, 7) is 2.33. The quantitative estimate of drug-likeness (QED) is 0.860. The lowest BCUT2D eigenvalue weighted by Gasteiger charge is -2.30. The lowest BCUT2D eigenvalue weighted by Crippen LogP contribution is -2.41. The molecule has 1 saturated heterocycles. The molecule has 0 bridgehead atoms. The molecule has 1 aliphatic rings. The van der Waals surface area contributed by atoms with Crippen LogP contribution in [0.3, 0.4) is 0 Å². The minimum absolute atomic E-state index is 0.0523. The van der Waals surface area contributed by atoms with Crippen LogP contribution in [0.2, 0.25) is 5.02 Å². The van der Waals surface area contributed by atoms with E-state index < -0.39 is 10.0 Å². The zero-order valence-corrected chi connectivity index (χ0v) is 16.2. The first kappa shape index (κ1) is 18.9. The number of amides is 1. The van der Waals surface area contributed by atoms with Crippen LogP contribution in [0.5, 0.6) is 0 Å². The van der Waals surface area contributed by atoms with E-state index in [-0.39, 0.29) is 16.9 Å². The van der Waals surface area contributed by atoms with E-state index in [0.29, 0.717) is 42.5 Å². The van der Waals surface area contributed by atoms with Crippen LogP contribution in [0.1, 0.15) is 18.7 Å². The van der Waals surface area contributed by atoms with Gasteiger partial charge in [-0.1, -0.05) is 23.7 Å². The molecule has 1 amide bonds. The van der Waals surface area contributed by atoms with Gasteiger partial charge < -0.3 is 9.88 Å². The second-order valence-electron chi connectivity index (χ2n) is 6.38. The molecule has 26 heavy (non-hydrogen) atoms. The van der Waals surface area contributed by atoms with Crippen molar-refractivity contribution in [3.8, 4) is 0 Å². The molecule has 0 aliphatic carbocycles. The highest BCUT2D eigenvalue weighted by Crippen LogP contribution is 2.26. The third-order valence-corrected chi connectivity index (χ3v) is 6.75. The maximum absolute atomic E-state index is 12.7. The Morgan fingerprint density at radius 1 is 1.27 bits per heavy atom. The van der Waals surface area contributed by atoms with Crippen molar-refractivity contribution in [3.05, 3.63) is 41.3 Å². The van der Waals surface area contributed by atoms with Gasteiger partial charge in [0.05, 0.1) is 10.7 Å². The van der Waals surface area contributed by atoms with E-state index in [1.807, 2.05) is 0 Å². The molecule has 1 N–H and O–H groups in total. The van der Waals surface area contributed by atoms with Crippen LogP contribution in [0.25, 0.3) is 0 Å². The second kappa shape index (κ2) is 7.38. The van der Waals surface area contributed by atoms with Gasteiger partial charge in [-0.25, -0.2) is 13.4 Å². The Bertz CT molecular complexity index is 898. The molecule has 1 aromatic heterocycles. The lowest BCUT2D eigenvalue weighted by molar-refractivity contribution is -0.120. The van der Waals surface area contributed by atoms with Crippen LogP contribution in [-0.2, 0) is 21.9 Å². The smallest absolute Gasteiger partial charge is 0.262 e. The Morgan fingerprint density at radius 3 is 2.50 bits per heavy atom. The number of imidazole rings is 1. The summed E-state index contributed by atoms with van der Waals surface area (Å²) < 4.78 is 28.5. The first-order valence-corrected chi connectivity index (χ1v) is 10.2. The summed E-state index contributed by atoms with van der Waals surface area (Å²) in [5.74, 6) is 0.254. The number of rotatable bonds is 4. The van der Waals surface area contributed by atoms with Gasteiger partial charge in [-0.05, 0) is 31.9 Å². The molecule has 1 aromatic carbocycles. The monoisotopic (exact) mass is 396 g/mol. The van der Waals surface area contributed by atoms with Crippen molar-refractivity contribution in [2.24, 2.45) is 13.0 Å². The molecule has 9 heteroatoms. The van der Waals surface area contributed by atoms with Gasteiger partial charge in [0.1, 0.15) is 5.82 Å². The fourth-order valence-electron chi connectivity index (χ4n) is 2.94. The van der Waals surface area contributed by atoms with Crippen molar-refractivity contribution in [1.29, 1.82) is 0 Å². The van der Waals surface area contributed by atoms with Crippen LogP contribution < -0.4 is 5.32 Å². The van der Waals surface area contributed by atoms with E-state index in [2.05, 4.69) is 10.3 Å². The first-order chi connectivity index (χ1) is 12.3. The summed E-state index contributed by atoms with van der Waals surface area (Å²) in [7, 11) is -1.87. The van der Waals surface area contributed by atoms with Crippen LogP contribution in [0.15, 0.2) is 35.5 Å². The van der Waals surface area contributed by atoms with Crippen LogP contribution in [-0.4, -0.2) is 41.3 Å². The minimum atomic E-state index is -3.63. The number of para-hydroxylation sites is 1. The number of hydrogen-bond donors (Lipinski definition) is 1. The number of piperidine rings is 1. The average Bonchev–Trinajstić information content (AvgIpc) is 2.97. The highest BCUT2D eigenvalue weighted by molar-refractivity contribution is 7.89. The number of anilines is 1. The number of aryl methyl sites for hydroxylation is 2. The van der Waals surface area contributed by atoms with Gasteiger partial charge in [0.25, 0.3) is 10.0 Å². The average molecular weight is 397 g/mol. The first-order valence-electron chi connectivity index (χ1n) is 8.34. The number of halogens is 1. The van der Waals surface area contributed by atoms with Crippen molar-refractivity contribution in [1.82, 2.24) is 13.9 Å². The third-order valence-electron chi connectivity index (χ3n) is 4.65. The molecule has 0 spiro atoms. The molecule has 0 radical (unpaired) electrons. The molecule has 1 aliphatic heterocycles. The van der Waals surface area contributed by atoms with Gasteiger partial charge in [-0.2, -0.15) is 4.31 Å². The summed E-state index contributed by atoms with van der Waals surface area (Å²) >= 11 is 6.06. The van der Waals surface area contributed by atoms with Crippen molar-refractivity contribution in [3.63, 3.8) is 0 Å². The maximum atomic E-state index is 12.7. The van der Waals surface area contributed by atoms with E-state index in [0.717, 1.165) is 0 Å². The summed E-state index contributed by atoms with van der Waals surface area (Å²) in [6, 6.07) is 7.04. The maximum Gasteiger partial charge on any atom is 0.262 e. The number of sulfonamides is 1. The highest BCUT2D eigenvalue weighted by Gasteiger charge is 2.33. The van der Waals surface area contributed by atoms with Gasteiger partial charge >= 0.3 is 0 Å². The molecular weight excluding hydrogens is 376 g/mol. The third kappa shape index (κ3) is 3.77. The SMILES string of the molecule is Cc1nc(S(=O)(=O)N2CCC(C(=O)Nc3ccccc3Cl)CC2)cn1C. The summed E-state index contributed by atoms with van der Waals surface area (Å²) in [5.41, 5.74) is 0.568. The standard InChI is InChI=1S/C17H21ClN4O3S/c1-12-19-16(11-21(12)2)26(24,25)22-9-7-13(8-10-22)17(23)20-15-6-4-3-5-14(15)18/h3-6,11,13H,7-10H2,1-2H3,(H,20,23). The van der Waals surface area contributed by atoms with Gasteiger partial charge in [0.2, 0.25) is 5.91 Å². The molecule has 2 aromatic rings. The summed E-state index contributed by atoms with van der Waals surface area (Å²) in [6.07, 6.45) is 2.43. The van der Waals surface area contributed by atoms with Crippen molar-refractivity contribution in [2.45, 2.75) is 24.8 Å². The molecule has 3 rings (SSSR count). The number of carbonyl (C=O) groups excluding carboxylic acids is 1. The minimum Gasteiger partial charge on any atom is -0.337 e. The van der Waals surface area contributed by atoms with Gasteiger partial charge in [0, 0.05) is 32.3 Å². The Kier molecular flexibility index (Phi) is 5.36. The number of benzene rings is 1. The van der Waals surface area contributed by atoms with E-state index >= 15 is 0 Å². The fraction of sp³-hybridized carbons (Fsp3) is 0.412. The van der Waals surface area contributed by atoms with E-state index in [1.165, 1.54) is 10.5 Å². The second-order valence-corrected chi connectivity index (χ2v) is 8.68. The Morgan fingerprint density at radius 2 is 1.92 bits per heavy atom. The predicted molar refractivity (Wildman–Crippen MR) is 99.5 cm³/mol. The number of nitrogens with zero attached hydrogens (tertiary/aromatic N) is 3. The molecular formula is C17H21ClN4O3S. The lowest BCUT2D eigenvalue weighted by atomic mass is 9.97. The van der Waals surface area contributed by atoms with E-state index in [4.69, 9.17) is 11.6 Å². The van der Waals surface area contributed by atoms with Crippen LogP contribution in [0, 0.1) is 12.8 Å². The van der Waals surface area contributed by atoms with Crippen molar-refractivity contribution in [2.75, 3.05) is 18.4 Å². The van der Waals surface area contributed by atoms with E-state index in [1.54, 1.807) is 42.8 Å². The van der Waals surface area contributed by atoms with Gasteiger partial charge in [0.15, 0.2) is 5.03 Å². The van der Waals surface area contributed by atoms with E-state index in [9.17, 15) is 13.2 Å². The fourth-order valence-corrected chi connectivity index (χ4v) is 4.62. The van der Waals surface area contributed by atoms with Gasteiger partial charge in [-0.3, -0.25) is 4.79 Å². The Hall–Kier alpha value is -1.90. The van der Waals surface area contributed by atoms with Crippen molar-refractivity contribution < 1.29 is 13.2 Å². The van der Waals surface area contributed by atoms with Crippen molar-refractivity contribution >= 4 is 33.2 Å². The normalized spacial score (nSPS) is 16.6. The number of aromatic nitrogens is 2. The van der Waals surface area contributed by atoms with Crippen LogP contribution >= 0.6 is 11.6 Å².